The van der Waals surface area contributed by atoms with Crippen LogP contribution in [-0.4, -0.2) is 87.1 Å². The van der Waals surface area contributed by atoms with Crippen LogP contribution in [0.25, 0.3) is 21.9 Å². The molecule has 0 bridgehead atoms. The fourth-order valence-electron chi connectivity index (χ4n) is 4.99. The summed E-state index contributed by atoms with van der Waals surface area (Å²) < 4.78 is 16.8. The molecule has 0 saturated carbocycles. The van der Waals surface area contributed by atoms with Gasteiger partial charge in [-0.1, -0.05) is 0 Å². The minimum absolute atomic E-state index is 0.143. The van der Waals surface area contributed by atoms with E-state index in [1.54, 1.807) is 0 Å². The minimum Gasteiger partial charge on any atom is -0.456 e. The molecule has 5 rings (SSSR count). The Morgan fingerprint density at radius 3 is 1.51 bits per heavy atom. The Morgan fingerprint density at radius 1 is 0.657 bits per heavy atom. The van der Waals surface area contributed by atoms with Gasteiger partial charge in [-0.05, 0) is 62.3 Å². The Bertz CT molecular complexity index is 1080. The number of furan rings is 1. The minimum atomic E-state index is 0.143. The Labute approximate surface area is 205 Å². The first-order valence-corrected chi connectivity index (χ1v) is 12.8. The molecule has 0 atom stereocenters. The summed E-state index contributed by atoms with van der Waals surface area (Å²) in [4.78, 5) is 30.4. The van der Waals surface area contributed by atoms with Gasteiger partial charge in [0.25, 0.3) is 0 Å². The maximum absolute atomic E-state index is 12.9. The summed E-state index contributed by atoms with van der Waals surface area (Å²) in [6, 6.07) is 11.3. The standard InChI is InChI=1S/C28H34N2O5/c31-25(3-1-9-29-11-15-33-16-12-29)21-5-7-27-23(19-21)24-20-22(6-8-28(24)35-27)26(32)4-2-10-30-13-17-34-18-14-30/h5-8,19-20H,1-4,9-18H2. The van der Waals surface area contributed by atoms with Gasteiger partial charge in [0.1, 0.15) is 11.2 Å². The highest BCUT2D eigenvalue weighted by atomic mass is 16.5. The predicted molar refractivity (Wildman–Crippen MR) is 135 cm³/mol. The Balaban J connectivity index is 1.23. The number of morpholine rings is 2. The summed E-state index contributed by atoms with van der Waals surface area (Å²) in [5.74, 6) is 0.287. The second-order valence-corrected chi connectivity index (χ2v) is 9.49. The van der Waals surface area contributed by atoms with Crippen molar-refractivity contribution in [1.82, 2.24) is 9.80 Å². The molecule has 1 aromatic heterocycles. The summed E-state index contributed by atoms with van der Waals surface area (Å²) in [5.41, 5.74) is 2.87. The van der Waals surface area contributed by atoms with Gasteiger partial charge in [-0.15, -0.1) is 0 Å². The monoisotopic (exact) mass is 478 g/mol. The molecule has 186 valence electrons. The van der Waals surface area contributed by atoms with E-state index in [0.717, 1.165) is 100 Å². The predicted octanol–water partition coefficient (Wildman–Crippen LogP) is 4.18. The number of hydrogen-bond acceptors (Lipinski definition) is 7. The molecule has 2 aliphatic heterocycles. The van der Waals surface area contributed by atoms with Crippen molar-refractivity contribution >= 4 is 33.5 Å². The first-order chi connectivity index (χ1) is 17.2. The largest absolute Gasteiger partial charge is 0.456 e. The number of benzene rings is 2. The molecule has 2 fully saturated rings. The van der Waals surface area contributed by atoms with E-state index in [9.17, 15) is 9.59 Å². The van der Waals surface area contributed by atoms with Crippen molar-refractivity contribution in [2.24, 2.45) is 0 Å². The van der Waals surface area contributed by atoms with Crippen molar-refractivity contribution in [3.05, 3.63) is 47.5 Å². The normalized spacial score (nSPS) is 17.8. The number of carbonyl (C=O) groups is 2. The van der Waals surface area contributed by atoms with Crippen LogP contribution in [0.4, 0.5) is 0 Å². The summed E-state index contributed by atoms with van der Waals surface area (Å²) in [5, 5.41) is 1.78. The number of ether oxygens (including phenoxy) is 2. The highest BCUT2D eigenvalue weighted by Crippen LogP contribution is 2.31. The van der Waals surface area contributed by atoms with Gasteiger partial charge in [0.15, 0.2) is 11.6 Å². The quantitative estimate of drug-likeness (QED) is 0.405. The third-order valence-corrected chi connectivity index (χ3v) is 7.08. The third-order valence-electron chi connectivity index (χ3n) is 7.08. The Morgan fingerprint density at radius 2 is 1.09 bits per heavy atom. The van der Waals surface area contributed by atoms with Crippen LogP contribution in [0.3, 0.4) is 0 Å². The van der Waals surface area contributed by atoms with Gasteiger partial charge >= 0.3 is 0 Å². The summed E-state index contributed by atoms with van der Waals surface area (Å²) in [7, 11) is 0. The highest BCUT2D eigenvalue weighted by molar-refractivity contribution is 6.10. The van der Waals surface area contributed by atoms with Gasteiger partial charge in [0, 0.05) is 60.9 Å². The van der Waals surface area contributed by atoms with Crippen molar-refractivity contribution in [1.29, 1.82) is 0 Å². The van der Waals surface area contributed by atoms with E-state index in [2.05, 4.69) is 9.80 Å². The Hall–Kier alpha value is -2.58. The van der Waals surface area contributed by atoms with E-state index in [1.165, 1.54) is 0 Å². The van der Waals surface area contributed by atoms with Crippen molar-refractivity contribution in [3.63, 3.8) is 0 Å². The molecular formula is C28H34N2O5. The zero-order valence-electron chi connectivity index (χ0n) is 20.3. The molecule has 0 N–H and O–H groups in total. The molecule has 2 aromatic carbocycles. The van der Waals surface area contributed by atoms with E-state index < -0.39 is 0 Å². The molecule has 0 aliphatic carbocycles. The van der Waals surface area contributed by atoms with Crippen molar-refractivity contribution in [3.8, 4) is 0 Å². The molecule has 0 unspecified atom stereocenters. The zero-order chi connectivity index (χ0) is 24.0. The lowest BCUT2D eigenvalue weighted by molar-refractivity contribution is 0.0370. The van der Waals surface area contributed by atoms with Gasteiger partial charge in [0.05, 0.1) is 26.4 Å². The van der Waals surface area contributed by atoms with E-state index in [-0.39, 0.29) is 11.6 Å². The molecule has 0 spiro atoms. The lowest BCUT2D eigenvalue weighted by Crippen LogP contribution is -2.36. The summed E-state index contributed by atoms with van der Waals surface area (Å²) in [6.45, 7) is 8.70. The molecule has 2 saturated heterocycles. The maximum atomic E-state index is 12.9. The van der Waals surface area contributed by atoms with Crippen LogP contribution >= 0.6 is 0 Å². The smallest absolute Gasteiger partial charge is 0.162 e. The molecule has 3 heterocycles. The second kappa shape index (κ2) is 11.4. The van der Waals surface area contributed by atoms with Crippen LogP contribution in [0.1, 0.15) is 46.4 Å². The fourth-order valence-corrected chi connectivity index (χ4v) is 4.99. The average molecular weight is 479 g/mol. The summed E-state index contributed by atoms with van der Waals surface area (Å²) >= 11 is 0. The molecule has 35 heavy (non-hydrogen) atoms. The third kappa shape index (κ3) is 5.98. The lowest BCUT2D eigenvalue weighted by atomic mass is 10.0. The van der Waals surface area contributed by atoms with Gasteiger partial charge in [0.2, 0.25) is 0 Å². The number of ketones is 2. The SMILES string of the molecule is O=C(CCCN1CCOCC1)c1ccc2oc3ccc(C(=O)CCCN4CCOCC4)cc3c2c1. The molecule has 7 nitrogen and oxygen atoms in total. The summed E-state index contributed by atoms with van der Waals surface area (Å²) in [6.07, 6.45) is 2.72. The maximum Gasteiger partial charge on any atom is 0.162 e. The second-order valence-electron chi connectivity index (χ2n) is 9.49. The number of fused-ring (bicyclic) bond motifs is 3. The lowest BCUT2D eigenvalue weighted by Gasteiger charge is -2.26. The highest BCUT2D eigenvalue weighted by Gasteiger charge is 2.16. The number of carbonyl (C=O) groups excluding carboxylic acids is 2. The molecule has 2 aliphatic rings. The molecule has 7 heteroatoms. The molecule has 0 amide bonds. The average Bonchev–Trinajstić information content (AvgIpc) is 3.27. The van der Waals surface area contributed by atoms with E-state index in [0.29, 0.717) is 24.0 Å². The van der Waals surface area contributed by atoms with Gasteiger partial charge in [-0.2, -0.15) is 0 Å². The van der Waals surface area contributed by atoms with Gasteiger partial charge < -0.3 is 13.9 Å². The van der Waals surface area contributed by atoms with Crippen molar-refractivity contribution < 1.29 is 23.5 Å². The first kappa shape index (κ1) is 24.1. The number of rotatable bonds is 10. The van der Waals surface area contributed by atoms with Gasteiger partial charge in [-0.3, -0.25) is 19.4 Å². The van der Waals surface area contributed by atoms with E-state index >= 15 is 0 Å². The molecule has 3 aromatic rings. The topological polar surface area (TPSA) is 72.2 Å². The number of hydrogen-bond donors (Lipinski definition) is 0. The zero-order valence-corrected chi connectivity index (χ0v) is 20.3. The van der Waals surface area contributed by atoms with Crippen LogP contribution in [0.5, 0.6) is 0 Å². The molecular weight excluding hydrogens is 444 g/mol. The van der Waals surface area contributed by atoms with Crippen LogP contribution in [-0.2, 0) is 9.47 Å². The van der Waals surface area contributed by atoms with Crippen LogP contribution in [0.15, 0.2) is 40.8 Å². The van der Waals surface area contributed by atoms with E-state index in [4.69, 9.17) is 13.9 Å². The first-order valence-electron chi connectivity index (χ1n) is 12.8. The van der Waals surface area contributed by atoms with Gasteiger partial charge in [-0.25, -0.2) is 0 Å². The Kier molecular flexibility index (Phi) is 7.88. The van der Waals surface area contributed by atoms with Crippen LogP contribution in [0.2, 0.25) is 0 Å². The van der Waals surface area contributed by atoms with Crippen LogP contribution in [0, 0.1) is 0 Å². The van der Waals surface area contributed by atoms with Crippen molar-refractivity contribution in [2.75, 3.05) is 65.7 Å². The van der Waals surface area contributed by atoms with E-state index in [1.807, 2.05) is 36.4 Å². The number of nitrogens with zero attached hydrogens (tertiary/aromatic N) is 2. The molecule has 0 radical (unpaired) electrons. The number of Topliss-reactive ketones (excluding diaryl/α,β-unsaturated/α-hetero) is 2. The fraction of sp³-hybridized carbons (Fsp3) is 0.500. The van der Waals surface area contributed by atoms with Crippen LogP contribution < -0.4 is 0 Å². The van der Waals surface area contributed by atoms with Crippen molar-refractivity contribution in [2.45, 2.75) is 25.7 Å².